The number of alkyl carbamates (subject to hydrolysis) is 1. The van der Waals surface area contributed by atoms with Crippen LogP contribution in [0, 0.1) is 0 Å². The number of ether oxygens (including phenoxy) is 1. The van der Waals surface area contributed by atoms with Crippen molar-refractivity contribution >= 4 is 13.7 Å². The topological polar surface area (TPSA) is 73.9 Å². The Bertz CT molecular complexity index is 500. The summed E-state index contributed by atoms with van der Waals surface area (Å²) >= 11 is 0. The quantitative estimate of drug-likeness (QED) is 0.506. The summed E-state index contributed by atoms with van der Waals surface area (Å²) in [6.45, 7) is 2.22. The highest BCUT2D eigenvalue weighted by Crippen LogP contribution is 2.52. The Labute approximate surface area is 138 Å². The van der Waals surface area contributed by atoms with Gasteiger partial charge in [0.15, 0.2) is 0 Å². The second-order valence-corrected chi connectivity index (χ2v) is 7.56. The molecule has 0 saturated heterocycles. The van der Waals surface area contributed by atoms with Crippen LogP contribution < -0.4 is 5.32 Å². The van der Waals surface area contributed by atoms with Gasteiger partial charge in [-0.25, -0.2) is 4.79 Å². The highest BCUT2D eigenvalue weighted by atomic mass is 31.2. The van der Waals surface area contributed by atoms with Gasteiger partial charge in [0.05, 0.1) is 0 Å². The second-order valence-electron chi connectivity index (χ2n) is 5.12. The fourth-order valence-corrected chi connectivity index (χ4v) is 3.55. The molecule has 0 aliphatic carbocycles. The van der Waals surface area contributed by atoms with Crippen molar-refractivity contribution in [2.75, 3.05) is 14.2 Å². The first-order valence-electron chi connectivity index (χ1n) is 7.74. The molecule has 6 nitrogen and oxygen atoms in total. The van der Waals surface area contributed by atoms with Gasteiger partial charge < -0.3 is 19.1 Å². The molecule has 23 heavy (non-hydrogen) atoms. The summed E-state index contributed by atoms with van der Waals surface area (Å²) in [4.78, 5) is 12.0. The minimum absolute atomic E-state index is 0.151. The van der Waals surface area contributed by atoms with E-state index in [1.807, 2.05) is 30.3 Å². The monoisotopic (exact) mass is 343 g/mol. The Morgan fingerprint density at radius 1 is 1.17 bits per heavy atom. The first-order chi connectivity index (χ1) is 11.1. The summed E-state index contributed by atoms with van der Waals surface area (Å²) in [5, 5.41) is 2.61. The van der Waals surface area contributed by atoms with Crippen molar-refractivity contribution < 1.29 is 23.1 Å². The smallest absolute Gasteiger partial charge is 0.408 e. The summed E-state index contributed by atoms with van der Waals surface area (Å²) in [5.41, 5.74) is 0.881. The minimum atomic E-state index is -3.39. The average molecular weight is 343 g/mol. The number of carbonyl (C=O) groups is 1. The Morgan fingerprint density at radius 3 is 2.39 bits per heavy atom. The van der Waals surface area contributed by atoms with Crippen molar-refractivity contribution in [1.82, 2.24) is 5.32 Å². The summed E-state index contributed by atoms with van der Waals surface area (Å²) in [6.07, 6.45) is 2.69. The van der Waals surface area contributed by atoms with E-state index in [9.17, 15) is 9.36 Å². The van der Waals surface area contributed by atoms with E-state index in [0.29, 0.717) is 6.42 Å². The molecule has 0 aromatic heterocycles. The predicted molar refractivity (Wildman–Crippen MR) is 89.3 cm³/mol. The van der Waals surface area contributed by atoms with Crippen molar-refractivity contribution in [2.45, 2.75) is 45.0 Å². The Balaban J connectivity index is 2.60. The second kappa shape index (κ2) is 10.4. The third-order valence-electron chi connectivity index (χ3n) is 3.47. The van der Waals surface area contributed by atoms with Crippen molar-refractivity contribution in [3.63, 3.8) is 0 Å². The van der Waals surface area contributed by atoms with Crippen LogP contribution >= 0.6 is 7.60 Å². The zero-order chi connectivity index (χ0) is 17.1. The van der Waals surface area contributed by atoms with E-state index >= 15 is 0 Å². The van der Waals surface area contributed by atoms with Gasteiger partial charge in [-0.3, -0.25) is 4.57 Å². The van der Waals surface area contributed by atoms with Crippen LogP contribution in [0.15, 0.2) is 30.3 Å². The first-order valence-corrected chi connectivity index (χ1v) is 9.35. The third kappa shape index (κ3) is 6.73. The normalized spacial score (nSPS) is 12.7. The van der Waals surface area contributed by atoms with E-state index in [-0.39, 0.29) is 6.61 Å². The van der Waals surface area contributed by atoms with Crippen LogP contribution in [0.2, 0.25) is 0 Å². The number of hydrogen-bond acceptors (Lipinski definition) is 5. The Kier molecular flexibility index (Phi) is 8.92. The third-order valence-corrected chi connectivity index (χ3v) is 5.64. The molecule has 1 aromatic rings. The molecular weight excluding hydrogens is 317 g/mol. The number of benzene rings is 1. The molecule has 0 aliphatic rings. The van der Waals surface area contributed by atoms with Crippen LogP contribution in [0.1, 0.15) is 38.2 Å². The molecular formula is C16H26NO5P. The molecule has 0 saturated carbocycles. The number of unbranched alkanes of at least 4 members (excludes halogenated alkanes) is 2. The van der Waals surface area contributed by atoms with Gasteiger partial charge in [0.2, 0.25) is 0 Å². The van der Waals surface area contributed by atoms with Gasteiger partial charge in [-0.15, -0.1) is 0 Å². The molecule has 0 unspecified atom stereocenters. The minimum Gasteiger partial charge on any atom is -0.445 e. The van der Waals surface area contributed by atoms with Gasteiger partial charge in [-0.2, -0.15) is 0 Å². The van der Waals surface area contributed by atoms with Crippen LogP contribution in [0.5, 0.6) is 0 Å². The lowest BCUT2D eigenvalue weighted by atomic mass is 10.2. The highest BCUT2D eigenvalue weighted by Gasteiger charge is 2.35. The van der Waals surface area contributed by atoms with Gasteiger partial charge in [0.25, 0.3) is 0 Å². The predicted octanol–water partition coefficient (Wildman–Crippen LogP) is 4.31. The number of rotatable bonds is 10. The fraction of sp³-hybridized carbons (Fsp3) is 0.562. The maximum absolute atomic E-state index is 12.5. The SMILES string of the molecule is CCCCC[C@H](NC(=O)OCc1ccccc1)P(=O)(OC)OC. The molecule has 1 atom stereocenters. The van der Waals surface area contributed by atoms with E-state index in [1.54, 1.807) is 0 Å². The zero-order valence-corrected chi connectivity index (χ0v) is 14.9. The molecule has 0 fully saturated rings. The Morgan fingerprint density at radius 2 is 1.83 bits per heavy atom. The molecule has 0 spiro atoms. The lowest BCUT2D eigenvalue weighted by Gasteiger charge is -2.25. The van der Waals surface area contributed by atoms with Gasteiger partial charge >= 0.3 is 13.7 Å². The molecule has 0 bridgehead atoms. The lowest BCUT2D eigenvalue weighted by Crippen LogP contribution is -2.35. The van der Waals surface area contributed by atoms with Gasteiger partial charge in [0, 0.05) is 14.2 Å². The molecule has 0 heterocycles. The number of amides is 1. The zero-order valence-electron chi connectivity index (χ0n) is 14.0. The average Bonchev–Trinajstić information content (AvgIpc) is 2.59. The fourth-order valence-electron chi connectivity index (χ4n) is 2.13. The maximum Gasteiger partial charge on any atom is 0.408 e. The van der Waals surface area contributed by atoms with Crippen LogP contribution in [-0.4, -0.2) is 26.1 Å². The van der Waals surface area contributed by atoms with Crippen molar-refractivity contribution in [1.29, 1.82) is 0 Å². The van der Waals surface area contributed by atoms with E-state index in [1.165, 1.54) is 14.2 Å². The van der Waals surface area contributed by atoms with Crippen LogP contribution in [0.25, 0.3) is 0 Å². The molecule has 1 N–H and O–H groups in total. The summed E-state index contributed by atoms with van der Waals surface area (Å²) in [6, 6.07) is 9.35. The van der Waals surface area contributed by atoms with Crippen LogP contribution in [0.4, 0.5) is 4.79 Å². The molecule has 1 aromatic carbocycles. The van der Waals surface area contributed by atoms with Gasteiger partial charge in [-0.1, -0.05) is 56.5 Å². The molecule has 0 aliphatic heterocycles. The summed E-state index contributed by atoms with van der Waals surface area (Å²) < 4.78 is 27.7. The molecule has 7 heteroatoms. The van der Waals surface area contributed by atoms with Crippen molar-refractivity contribution in [2.24, 2.45) is 0 Å². The number of nitrogens with one attached hydrogen (secondary N) is 1. The van der Waals surface area contributed by atoms with Crippen molar-refractivity contribution in [3.8, 4) is 0 Å². The molecule has 1 amide bonds. The summed E-state index contributed by atoms with van der Waals surface area (Å²) in [7, 11) is -0.766. The van der Waals surface area contributed by atoms with E-state index in [2.05, 4.69) is 12.2 Å². The maximum atomic E-state index is 12.5. The van der Waals surface area contributed by atoms with Crippen LogP contribution in [-0.2, 0) is 25.0 Å². The standard InChI is InChI=1S/C16H26NO5P/c1-4-5-7-12-15(23(19,20-2)21-3)17-16(18)22-13-14-10-8-6-9-11-14/h6,8-11,15H,4-5,7,12-13H2,1-3H3,(H,17,18)/t15-/m1/s1. The Hall–Kier alpha value is -1.36. The van der Waals surface area contributed by atoms with E-state index in [4.69, 9.17) is 13.8 Å². The molecule has 1 rings (SSSR count). The summed E-state index contributed by atoms with van der Waals surface area (Å²) in [5.74, 6) is -0.715. The number of hydrogen-bond donors (Lipinski definition) is 1. The lowest BCUT2D eigenvalue weighted by molar-refractivity contribution is 0.135. The molecule has 130 valence electrons. The first kappa shape index (κ1) is 19.7. The largest absolute Gasteiger partial charge is 0.445 e. The van der Waals surface area contributed by atoms with Crippen molar-refractivity contribution in [3.05, 3.63) is 35.9 Å². The van der Waals surface area contributed by atoms with Gasteiger partial charge in [-0.05, 0) is 12.0 Å². The molecule has 0 radical (unpaired) electrons. The van der Waals surface area contributed by atoms with Crippen LogP contribution in [0.3, 0.4) is 0 Å². The van der Waals surface area contributed by atoms with E-state index in [0.717, 1.165) is 24.8 Å². The van der Waals surface area contributed by atoms with E-state index < -0.39 is 19.5 Å². The van der Waals surface area contributed by atoms with Gasteiger partial charge in [0.1, 0.15) is 12.4 Å². The highest BCUT2D eigenvalue weighted by molar-refractivity contribution is 7.54. The number of carbonyl (C=O) groups excluding carboxylic acids is 1.